The van der Waals surface area contributed by atoms with E-state index in [-0.39, 0.29) is 11.7 Å². The lowest BCUT2D eigenvalue weighted by atomic mass is 10.3. The molecule has 0 saturated carbocycles. The Bertz CT molecular complexity index is 803. The van der Waals surface area contributed by atoms with Crippen molar-refractivity contribution in [3.63, 3.8) is 0 Å². The van der Waals surface area contributed by atoms with Crippen LogP contribution >= 0.6 is 11.8 Å². The Morgan fingerprint density at radius 2 is 1.88 bits per heavy atom. The fraction of sp³-hybridized carbons (Fsp3) is 0.111. The predicted octanol–water partition coefficient (Wildman–Crippen LogP) is 3.42. The third-order valence-corrected chi connectivity index (χ3v) is 4.34. The summed E-state index contributed by atoms with van der Waals surface area (Å²) >= 11 is 1.37. The molecule has 122 valence electrons. The van der Waals surface area contributed by atoms with Gasteiger partial charge in [-0.05, 0) is 36.4 Å². The zero-order valence-electron chi connectivity index (χ0n) is 12.9. The molecule has 0 aliphatic heterocycles. The molecule has 0 aliphatic rings. The summed E-state index contributed by atoms with van der Waals surface area (Å²) < 4.78 is 14.6. The summed E-state index contributed by atoms with van der Waals surface area (Å²) in [5, 5.41) is 7.15. The van der Waals surface area contributed by atoms with E-state index in [0.29, 0.717) is 12.3 Å². The third-order valence-electron chi connectivity index (χ3n) is 3.33. The number of carbonyl (C=O) groups excluding carboxylic acids is 1. The van der Waals surface area contributed by atoms with Gasteiger partial charge in [-0.25, -0.2) is 9.07 Å². The van der Waals surface area contributed by atoms with E-state index in [1.165, 1.54) is 23.9 Å². The van der Waals surface area contributed by atoms with Gasteiger partial charge in [-0.2, -0.15) is 5.10 Å². The molecule has 4 nitrogen and oxygen atoms in total. The van der Waals surface area contributed by atoms with Crippen molar-refractivity contribution >= 4 is 17.7 Å². The lowest BCUT2D eigenvalue weighted by molar-refractivity contribution is -0.118. The van der Waals surface area contributed by atoms with Crippen LogP contribution in [0.25, 0.3) is 5.69 Å². The van der Waals surface area contributed by atoms with Crippen molar-refractivity contribution in [3.05, 3.63) is 78.4 Å². The molecule has 0 saturated heterocycles. The highest BCUT2D eigenvalue weighted by atomic mass is 32.2. The maximum atomic E-state index is 12.8. The molecule has 1 heterocycles. The molecule has 2 aromatic carbocycles. The zero-order valence-corrected chi connectivity index (χ0v) is 13.7. The number of thioether (sulfide) groups is 1. The van der Waals surface area contributed by atoms with E-state index < -0.39 is 0 Å². The highest BCUT2D eigenvalue weighted by Crippen LogP contribution is 2.17. The molecule has 0 spiro atoms. The molecule has 3 aromatic rings. The lowest BCUT2D eigenvalue weighted by Gasteiger charge is -2.04. The van der Waals surface area contributed by atoms with Gasteiger partial charge in [0, 0.05) is 23.2 Å². The number of hydrogen-bond acceptors (Lipinski definition) is 3. The van der Waals surface area contributed by atoms with Gasteiger partial charge < -0.3 is 5.32 Å². The van der Waals surface area contributed by atoms with Gasteiger partial charge in [-0.1, -0.05) is 18.2 Å². The number of rotatable bonds is 6. The minimum atomic E-state index is -0.278. The summed E-state index contributed by atoms with van der Waals surface area (Å²) in [5.74, 6) is -0.0608. The Morgan fingerprint density at radius 1 is 1.12 bits per heavy atom. The maximum absolute atomic E-state index is 12.8. The minimum Gasteiger partial charge on any atom is -0.351 e. The molecule has 0 unspecified atom stereocenters. The number of nitrogens with one attached hydrogen (secondary N) is 1. The first-order valence-electron chi connectivity index (χ1n) is 7.45. The molecular formula is C18H16FN3OS. The highest BCUT2D eigenvalue weighted by Gasteiger charge is 2.05. The molecule has 0 fully saturated rings. The Kier molecular flexibility index (Phi) is 5.28. The summed E-state index contributed by atoms with van der Waals surface area (Å²) in [7, 11) is 0. The van der Waals surface area contributed by atoms with Crippen LogP contribution < -0.4 is 5.32 Å². The fourth-order valence-electron chi connectivity index (χ4n) is 2.10. The van der Waals surface area contributed by atoms with Gasteiger partial charge in [0.05, 0.1) is 17.6 Å². The van der Waals surface area contributed by atoms with Crippen LogP contribution in [0.2, 0.25) is 0 Å². The molecule has 1 amide bonds. The molecular weight excluding hydrogens is 325 g/mol. The quantitative estimate of drug-likeness (QED) is 0.699. The second-order valence-corrected chi connectivity index (χ2v) is 6.20. The van der Waals surface area contributed by atoms with Gasteiger partial charge in [-0.3, -0.25) is 4.79 Å². The van der Waals surface area contributed by atoms with Crippen LogP contribution in [-0.4, -0.2) is 21.4 Å². The van der Waals surface area contributed by atoms with Crippen molar-refractivity contribution in [2.75, 3.05) is 5.75 Å². The van der Waals surface area contributed by atoms with Crippen LogP contribution in [0.3, 0.4) is 0 Å². The number of hydrogen-bond donors (Lipinski definition) is 1. The SMILES string of the molecule is O=C(CSc1ccc(F)cc1)NCc1cnn(-c2ccccc2)c1. The van der Waals surface area contributed by atoms with Crippen molar-refractivity contribution < 1.29 is 9.18 Å². The molecule has 0 aliphatic carbocycles. The van der Waals surface area contributed by atoms with Crippen molar-refractivity contribution in [1.82, 2.24) is 15.1 Å². The first-order valence-corrected chi connectivity index (χ1v) is 8.43. The van der Waals surface area contributed by atoms with Gasteiger partial charge in [-0.15, -0.1) is 11.8 Å². The van der Waals surface area contributed by atoms with Crippen molar-refractivity contribution in [2.45, 2.75) is 11.4 Å². The topological polar surface area (TPSA) is 46.9 Å². The van der Waals surface area contributed by atoms with Crippen molar-refractivity contribution in [1.29, 1.82) is 0 Å². The Balaban J connectivity index is 1.48. The normalized spacial score (nSPS) is 10.5. The molecule has 0 radical (unpaired) electrons. The third kappa shape index (κ3) is 4.45. The van der Waals surface area contributed by atoms with E-state index in [1.54, 1.807) is 23.0 Å². The Labute approximate surface area is 143 Å². The summed E-state index contributed by atoms with van der Waals surface area (Å²) in [4.78, 5) is 12.8. The zero-order chi connectivity index (χ0) is 16.8. The molecule has 0 bridgehead atoms. The molecule has 1 aromatic heterocycles. The van der Waals surface area contributed by atoms with E-state index in [1.807, 2.05) is 36.5 Å². The van der Waals surface area contributed by atoms with Crippen LogP contribution in [0.5, 0.6) is 0 Å². The second kappa shape index (κ2) is 7.79. The minimum absolute atomic E-state index is 0.0724. The van der Waals surface area contributed by atoms with Crippen LogP contribution in [-0.2, 0) is 11.3 Å². The Morgan fingerprint density at radius 3 is 2.62 bits per heavy atom. The molecule has 1 N–H and O–H groups in total. The van der Waals surface area contributed by atoms with Gasteiger partial charge in [0.2, 0.25) is 5.91 Å². The number of amides is 1. The van der Waals surface area contributed by atoms with E-state index in [0.717, 1.165) is 16.1 Å². The molecule has 24 heavy (non-hydrogen) atoms. The largest absolute Gasteiger partial charge is 0.351 e. The van der Waals surface area contributed by atoms with E-state index in [2.05, 4.69) is 10.4 Å². The van der Waals surface area contributed by atoms with Crippen LogP contribution in [0.4, 0.5) is 4.39 Å². The number of benzene rings is 2. The Hall–Kier alpha value is -2.60. The standard InChI is InChI=1S/C18H16FN3OS/c19-15-6-8-17(9-7-15)24-13-18(23)20-10-14-11-21-22(12-14)16-4-2-1-3-5-16/h1-9,11-12H,10,13H2,(H,20,23). The average Bonchev–Trinajstić information content (AvgIpc) is 3.09. The van der Waals surface area contributed by atoms with Crippen LogP contribution in [0.15, 0.2) is 71.9 Å². The maximum Gasteiger partial charge on any atom is 0.230 e. The van der Waals surface area contributed by atoms with Crippen LogP contribution in [0, 0.1) is 5.82 Å². The number of carbonyl (C=O) groups is 1. The summed E-state index contributed by atoms with van der Waals surface area (Å²) in [6.45, 7) is 0.426. The van der Waals surface area contributed by atoms with Gasteiger partial charge in [0.15, 0.2) is 0 Å². The first-order chi connectivity index (χ1) is 11.7. The number of nitrogens with zero attached hydrogens (tertiary/aromatic N) is 2. The van der Waals surface area contributed by atoms with Gasteiger partial charge in [0.25, 0.3) is 0 Å². The molecule has 0 atom stereocenters. The van der Waals surface area contributed by atoms with Gasteiger partial charge >= 0.3 is 0 Å². The van der Waals surface area contributed by atoms with E-state index >= 15 is 0 Å². The number of aromatic nitrogens is 2. The molecule has 6 heteroatoms. The molecule has 3 rings (SSSR count). The number of halogens is 1. The van der Waals surface area contributed by atoms with Gasteiger partial charge in [0.1, 0.15) is 5.82 Å². The monoisotopic (exact) mass is 341 g/mol. The fourth-order valence-corrected chi connectivity index (χ4v) is 2.83. The predicted molar refractivity (Wildman–Crippen MR) is 92.5 cm³/mol. The second-order valence-electron chi connectivity index (χ2n) is 5.15. The summed E-state index contributed by atoms with van der Waals surface area (Å²) in [5.41, 5.74) is 1.90. The van der Waals surface area contributed by atoms with Crippen LogP contribution in [0.1, 0.15) is 5.56 Å². The number of para-hydroxylation sites is 1. The van der Waals surface area contributed by atoms with Crippen molar-refractivity contribution in [2.24, 2.45) is 0 Å². The first kappa shape index (κ1) is 16.3. The highest BCUT2D eigenvalue weighted by molar-refractivity contribution is 8.00. The van der Waals surface area contributed by atoms with E-state index in [9.17, 15) is 9.18 Å². The lowest BCUT2D eigenvalue weighted by Crippen LogP contribution is -2.24. The summed E-state index contributed by atoms with van der Waals surface area (Å²) in [6.07, 6.45) is 3.63. The summed E-state index contributed by atoms with van der Waals surface area (Å²) in [6, 6.07) is 15.9. The average molecular weight is 341 g/mol. The smallest absolute Gasteiger partial charge is 0.230 e. The van der Waals surface area contributed by atoms with E-state index in [4.69, 9.17) is 0 Å². The van der Waals surface area contributed by atoms with Crippen molar-refractivity contribution in [3.8, 4) is 5.69 Å².